The molecule has 4 nitrogen and oxygen atoms in total. The summed E-state index contributed by atoms with van der Waals surface area (Å²) in [4.78, 5) is 0.162. The lowest BCUT2D eigenvalue weighted by Crippen LogP contribution is -2.48. The first-order chi connectivity index (χ1) is 8.62. The molecular formula is C13H17BrN2O2S. The monoisotopic (exact) mass is 344 g/mol. The topological polar surface area (TPSA) is 70.0 Å². The Morgan fingerprint density at radius 1 is 1.42 bits per heavy atom. The molecule has 0 unspecified atom stereocenters. The number of rotatable bonds is 4. The molecule has 1 atom stereocenters. The minimum absolute atomic E-state index is 0.135. The number of nitrogens with zero attached hydrogens (tertiary/aromatic N) is 1. The molecule has 1 rings (SSSR count). The molecule has 0 aliphatic carbocycles. The van der Waals surface area contributed by atoms with Gasteiger partial charge in [0.25, 0.3) is 0 Å². The second-order valence-corrected chi connectivity index (χ2v) is 7.52. The average Bonchev–Trinajstić information content (AvgIpc) is 2.31. The Balaban J connectivity index is 3.19. The average molecular weight is 345 g/mol. The van der Waals surface area contributed by atoms with Crippen LogP contribution in [0, 0.1) is 24.2 Å². The van der Waals surface area contributed by atoms with E-state index in [9.17, 15) is 13.7 Å². The molecular weight excluding hydrogens is 328 g/mol. The van der Waals surface area contributed by atoms with E-state index in [2.05, 4.69) is 20.7 Å². The molecule has 1 N–H and O–H groups in total. The van der Waals surface area contributed by atoms with Gasteiger partial charge in [0.15, 0.2) is 0 Å². The Morgan fingerprint density at radius 2 is 2.00 bits per heavy atom. The van der Waals surface area contributed by atoms with Crippen LogP contribution in [0.25, 0.3) is 0 Å². The molecule has 0 aromatic heterocycles. The van der Waals surface area contributed by atoms with Crippen molar-refractivity contribution in [3.8, 4) is 6.07 Å². The van der Waals surface area contributed by atoms with Gasteiger partial charge in [-0.1, -0.05) is 29.8 Å². The fraction of sp³-hybridized carbons (Fsp3) is 0.462. The largest absolute Gasteiger partial charge is 0.241 e. The molecule has 1 aromatic rings. The lowest BCUT2D eigenvalue weighted by atomic mass is 9.92. The van der Waals surface area contributed by atoms with Crippen molar-refractivity contribution in [2.24, 2.45) is 5.92 Å². The van der Waals surface area contributed by atoms with E-state index in [4.69, 9.17) is 0 Å². The smallest absolute Gasteiger partial charge is 0.207 e. The molecule has 0 heterocycles. The zero-order chi connectivity index (χ0) is 14.8. The summed E-state index contributed by atoms with van der Waals surface area (Å²) < 4.78 is 27.9. The van der Waals surface area contributed by atoms with Gasteiger partial charge in [-0.05, 0) is 43.5 Å². The van der Waals surface area contributed by atoms with E-state index in [-0.39, 0.29) is 10.8 Å². The predicted octanol–water partition coefficient (Wildman–Crippen LogP) is 2.97. The second kappa shape index (κ2) is 5.61. The van der Waals surface area contributed by atoms with E-state index in [1.54, 1.807) is 32.9 Å². The van der Waals surface area contributed by atoms with Gasteiger partial charge < -0.3 is 0 Å². The highest BCUT2D eigenvalue weighted by Gasteiger charge is 2.33. The first-order valence-corrected chi connectivity index (χ1v) is 8.11. The van der Waals surface area contributed by atoms with Crippen molar-refractivity contribution < 1.29 is 8.42 Å². The maximum absolute atomic E-state index is 12.3. The normalized spacial score (nSPS) is 15.0. The van der Waals surface area contributed by atoms with Gasteiger partial charge >= 0.3 is 0 Å². The van der Waals surface area contributed by atoms with Gasteiger partial charge in [0, 0.05) is 4.47 Å². The van der Waals surface area contributed by atoms with Crippen molar-refractivity contribution >= 4 is 26.0 Å². The summed E-state index contributed by atoms with van der Waals surface area (Å²) >= 11 is 3.33. The summed E-state index contributed by atoms with van der Waals surface area (Å²) in [6.45, 7) is 7.01. The lowest BCUT2D eigenvalue weighted by molar-refractivity contribution is 0.389. The Morgan fingerprint density at radius 3 is 2.42 bits per heavy atom. The van der Waals surface area contributed by atoms with Crippen LogP contribution in [-0.2, 0) is 10.0 Å². The molecule has 0 spiro atoms. The van der Waals surface area contributed by atoms with Crippen LogP contribution in [0.4, 0.5) is 0 Å². The summed E-state index contributed by atoms with van der Waals surface area (Å²) in [5, 5.41) is 9.18. The number of benzene rings is 1. The first kappa shape index (κ1) is 16.2. The standard InChI is InChI=1S/C13H17BrN2O2S/c1-9(2)13(4,8-15)16-19(17,18)11-5-6-12(14)10(3)7-11/h5-7,9,16H,1-4H3/t13-/m0/s1. The molecule has 1 aromatic carbocycles. The summed E-state index contributed by atoms with van der Waals surface area (Å²) in [5.41, 5.74) is -0.300. The molecule has 6 heteroatoms. The first-order valence-electron chi connectivity index (χ1n) is 5.84. The molecule has 0 bridgehead atoms. The molecule has 19 heavy (non-hydrogen) atoms. The van der Waals surface area contributed by atoms with Gasteiger partial charge in [0.1, 0.15) is 5.54 Å². The highest BCUT2D eigenvalue weighted by Crippen LogP contribution is 2.23. The number of hydrogen-bond acceptors (Lipinski definition) is 3. The molecule has 0 aliphatic heterocycles. The summed E-state index contributed by atoms with van der Waals surface area (Å²) in [7, 11) is -3.71. The predicted molar refractivity (Wildman–Crippen MR) is 78.1 cm³/mol. The van der Waals surface area contributed by atoms with Gasteiger partial charge in [-0.2, -0.15) is 9.98 Å². The third kappa shape index (κ3) is 3.56. The Hall–Kier alpha value is -0.900. The minimum atomic E-state index is -3.71. The van der Waals surface area contributed by atoms with E-state index >= 15 is 0 Å². The van der Waals surface area contributed by atoms with Gasteiger partial charge in [0.05, 0.1) is 11.0 Å². The number of nitriles is 1. The van der Waals surface area contributed by atoms with Crippen molar-refractivity contribution in [2.45, 2.75) is 38.1 Å². The fourth-order valence-corrected chi connectivity index (χ4v) is 3.18. The van der Waals surface area contributed by atoms with Crippen LogP contribution in [0.2, 0.25) is 0 Å². The highest BCUT2D eigenvalue weighted by atomic mass is 79.9. The molecule has 0 aliphatic rings. The Bertz CT molecular complexity index is 620. The quantitative estimate of drug-likeness (QED) is 0.912. The molecule has 0 saturated heterocycles. The van der Waals surface area contributed by atoms with E-state index in [1.807, 2.05) is 13.0 Å². The third-order valence-corrected chi connectivity index (χ3v) is 5.63. The van der Waals surface area contributed by atoms with Gasteiger partial charge in [0.2, 0.25) is 10.0 Å². The Kier molecular flexibility index (Phi) is 4.77. The number of hydrogen-bond donors (Lipinski definition) is 1. The SMILES string of the molecule is Cc1cc(S(=O)(=O)N[C@@](C)(C#N)C(C)C)ccc1Br. The maximum Gasteiger partial charge on any atom is 0.241 e. The van der Waals surface area contributed by atoms with Crippen LogP contribution in [0.3, 0.4) is 0 Å². The molecule has 0 radical (unpaired) electrons. The second-order valence-electron chi connectivity index (χ2n) is 4.99. The molecule has 0 saturated carbocycles. The van der Waals surface area contributed by atoms with Crippen LogP contribution in [-0.4, -0.2) is 14.0 Å². The zero-order valence-electron chi connectivity index (χ0n) is 11.4. The van der Waals surface area contributed by atoms with E-state index in [1.165, 1.54) is 6.07 Å². The van der Waals surface area contributed by atoms with E-state index in [0.717, 1.165) is 10.0 Å². The van der Waals surface area contributed by atoms with Crippen LogP contribution in [0.1, 0.15) is 26.3 Å². The van der Waals surface area contributed by atoms with Crippen LogP contribution < -0.4 is 4.72 Å². The van der Waals surface area contributed by atoms with Crippen LogP contribution in [0.15, 0.2) is 27.6 Å². The highest BCUT2D eigenvalue weighted by molar-refractivity contribution is 9.10. The number of sulfonamides is 1. The zero-order valence-corrected chi connectivity index (χ0v) is 13.8. The summed E-state index contributed by atoms with van der Waals surface area (Å²) in [6.07, 6.45) is 0. The van der Waals surface area contributed by atoms with Crippen LogP contribution >= 0.6 is 15.9 Å². The lowest BCUT2D eigenvalue weighted by Gasteiger charge is -2.27. The fourth-order valence-electron chi connectivity index (χ4n) is 1.39. The Labute approximate surface area is 123 Å². The van der Waals surface area contributed by atoms with Crippen molar-refractivity contribution in [3.63, 3.8) is 0 Å². The van der Waals surface area contributed by atoms with E-state index in [0.29, 0.717) is 0 Å². The van der Waals surface area contributed by atoms with Gasteiger partial charge in [-0.25, -0.2) is 8.42 Å². The van der Waals surface area contributed by atoms with E-state index < -0.39 is 15.6 Å². The third-order valence-electron chi connectivity index (χ3n) is 3.17. The minimum Gasteiger partial charge on any atom is -0.207 e. The molecule has 0 fully saturated rings. The number of nitrogens with one attached hydrogen (secondary N) is 1. The van der Waals surface area contributed by atoms with Gasteiger partial charge in [-0.15, -0.1) is 0 Å². The van der Waals surface area contributed by atoms with Crippen molar-refractivity contribution in [1.29, 1.82) is 5.26 Å². The summed E-state index contributed by atoms with van der Waals surface area (Å²) in [6, 6.07) is 6.80. The van der Waals surface area contributed by atoms with Crippen molar-refractivity contribution in [3.05, 3.63) is 28.2 Å². The van der Waals surface area contributed by atoms with Crippen LogP contribution in [0.5, 0.6) is 0 Å². The van der Waals surface area contributed by atoms with Gasteiger partial charge in [-0.3, -0.25) is 0 Å². The van der Waals surface area contributed by atoms with Crippen molar-refractivity contribution in [2.75, 3.05) is 0 Å². The summed E-state index contributed by atoms with van der Waals surface area (Å²) in [5.74, 6) is -0.135. The molecule has 0 amide bonds. The number of halogens is 1. The molecule has 104 valence electrons. The van der Waals surface area contributed by atoms with Crippen molar-refractivity contribution in [1.82, 2.24) is 4.72 Å². The maximum atomic E-state index is 12.3. The number of aryl methyl sites for hydroxylation is 1.